The summed E-state index contributed by atoms with van der Waals surface area (Å²) >= 11 is 6.03. The van der Waals surface area contributed by atoms with Crippen molar-refractivity contribution in [2.75, 3.05) is 51.3 Å². The zero-order valence-corrected chi connectivity index (χ0v) is 20.2. The number of carbonyl (C=O) groups excluding carboxylic acids is 1. The van der Waals surface area contributed by atoms with Gasteiger partial charge in [-0.25, -0.2) is 4.68 Å². The predicted molar refractivity (Wildman–Crippen MR) is 135 cm³/mol. The first-order chi connectivity index (χ1) is 16.6. The van der Waals surface area contributed by atoms with Gasteiger partial charge >= 0.3 is 0 Å². The average molecular weight is 480 g/mol. The molecule has 2 aliphatic heterocycles. The smallest absolute Gasteiger partial charge is 0.257 e. The monoisotopic (exact) mass is 479 g/mol. The maximum atomic E-state index is 13.7. The van der Waals surface area contributed by atoms with Crippen LogP contribution in [0.15, 0.2) is 54.7 Å². The van der Waals surface area contributed by atoms with Crippen LogP contribution in [0.25, 0.3) is 5.69 Å². The van der Waals surface area contributed by atoms with E-state index in [-0.39, 0.29) is 5.91 Å². The molecule has 3 aromatic rings. The van der Waals surface area contributed by atoms with Gasteiger partial charge in [-0.15, -0.1) is 0 Å². The van der Waals surface area contributed by atoms with E-state index in [1.165, 1.54) is 0 Å². The molecule has 0 atom stereocenters. The minimum Gasteiger partial charge on any atom is -0.497 e. The van der Waals surface area contributed by atoms with Crippen molar-refractivity contribution in [3.05, 3.63) is 71.0 Å². The van der Waals surface area contributed by atoms with Gasteiger partial charge in [0.15, 0.2) is 0 Å². The minimum absolute atomic E-state index is 0.0732. The summed E-state index contributed by atoms with van der Waals surface area (Å²) in [5.74, 6) is 1.17. The molecule has 178 valence electrons. The molecule has 7 nitrogen and oxygen atoms in total. The standard InChI is InChI=1S/C26H30ClN5O2/c1-34-23-8-6-22(7-9-23)32-25(19-10-12-28-13-11-19)24(18-29-32)26(33)31-16-14-30(15-17-31)21-4-2-20(27)3-5-21/h2-9,18-19,28H,10-17H2,1H3. The summed E-state index contributed by atoms with van der Waals surface area (Å²) in [7, 11) is 1.66. The normalized spacial score (nSPS) is 17.1. The van der Waals surface area contributed by atoms with E-state index in [2.05, 4.69) is 15.3 Å². The molecule has 8 heteroatoms. The molecule has 2 saturated heterocycles. The van der Waals surface area contributed by atoms with Gasteiger partial charge in [0.1, 0.15) is 5.75 Å². The molecule has 0 saturated carbocycles. The van der Waals surface area contributed by atoms with Gasteiger partial charge in [-0.2, -0.15) is 5.10 Å². The third kappa shape index (κ3) is 4.63. The van der Waals surface area contributed by atoms with Crippen molar-refractivity contribution in [2.45, 2.75) is 18.8 Å². The number of hydrogen-bond acceptors (Lipinski definition) is 5. The van der Waals surface area contributed by atoms with Crippen molar-refractivity contribution in [3.8, 4) is 11.4 Å². The highest BCUT2D eigenvalue weighted by Gasteiger charge is 2.30. The summed E-state index contributed by atoms with van der Waals surface area (Å²) in [4.78, 5) is 18.0. The lowest BCUT2D eigenvalue weighted by atomic mass is 9.91. The molecular weight excluding hydrogens is 450 g/mol. The topological polar surface area (TPSA) is 62.6 Å². The lowest BCUT2D eigenvalue weighted by molar-refractivity contribution is 0.0744. The van der Waals surface area contributed by atoms with Gasteiger partial charge in [-0.3, -0.25) is 4.79 Å². The Bertz CT molecular complexity index is 1120. The van der Waals surface area contributed by atoms with E-state index in [1.807, 2.05) is 58.1 Å². The van der Waals surface area contributed by atoms with E-state index in [1.54, 1.807) is 13.3 Å². The molecule has 2 aromatic carbocycles. The molecule has 3 heterocycles. The number of methoxy groups -OCH3 is 1. The quantitative estimate of drug-likeness (QED) is 0.600. The number of hydrogen-bond donors (Lipinski definition) is 1. The molecule has 5 rings (SSSR count). The predicted octanol–water partition coefficient (Wildman–Crippen LogP) is 3.96. The Morgan fingerprint density at radius 2 is 1.62 bits per heavy atom. The highest BCUT2D eigenvalue weighted by molar-refractivity contribution is 6.30. The number of carbonyl (C=O) groups is 1. The number of aromatic nitrogens is 2. The van der Waals surface area contributed by atoms with Crippen molar-refractivity contribution in [2.24, 2.45) is 0 Å². The first kappa shape index (κ1) is 22.7. The molecule has 0 aliphatic carbocycles. The molecule has 34 heavy (non-hydrogen) atoms. The van der Waals surface area contributed by atoms with E-state index < -0.39 is 0 Å². The summed E-state index contributed by atoms with van der Waals surface area (Å²) in [5.41, 5.74) is 3.83. The van der Waals surface area contributed by atoms with Crippen LogP contribution in [-0.4, -0.2) is 67.0 Å². The lowest BCUT2D eigenvalue weighted by Crippen LogP contribution is -2.49. The number of piperidine rings is 1. The number of nitrogens with one attached hydrogen (secondary N) is 1. The Kier molecular flexibility index (Phi) is 6.74. The number of nitrogens with zero attached hydrogens (tertiary/aromatic N) is 4. The van der Waals surface area contributed by atoms with Crippen LogP contribution in [0.4, 0.5) is 5.69 Å². The summed E-state index contributed by atoms with van der Waals surface area (Å²) in [6.07, 6.45) is 3.74. The maximum Gasteiger partial charge on any atom is 0.257 e. The molecule has 1 aromatic heterocycles. The van der Waals surface area contributed by atoms with Gasteiger partial charge < -0.3 is 19.9 Å². The number of anilines is 1. The molecule has 0 radical (unpaired) electrons. The van der Waals surface area contributed by atoms with Gasteiger partial charge in [0.05, 0.1) is 30.3 Å². The fourth-order valence-corrected chi connectivity index (χ4v) is 5.06. The van der Waals surface area contributed by atoms with Crippen molar-refractivity contribution >= 4 is 23.2 Å². The van der Waals surface area contributed by atoms with Crippen LogP contribution in [0.1, 0.15) is 34.8 Å². The Morgan fingerprint density at radius 1 is 0.971 bits per heavy atom. The second-order valence-electron chi connectivity index (χ2n) is 8.83. The van der Waals surface area contributed by atoms with Gasteiger partial charge in [0.25, 0.3) is 5.91 Å². The van der Waals surface area contributed by atoms with Crippen LogP contribution in [0.3, 0.4) is 0 Å². The van der Waals surface area contributed by atoms with Crippen LogP contribution in [-0.2, 0) is 0 Å². The lowest BCUT2D eigenvalue weighted by Gasteiger charge is -2.36. The second kappa shape index (κ2) is 10.1. The average Bonchev–Trinajstić information content (AvgIpc) is 3.34. The largest absolute Gasteiger partial charge is 0.497 e. The van der Waals surface area contributed by atoms with Gasteiger partial charge in [-0.05, 0) is 74.5 Å². The highest BCUT2D eigenvalue weighted by Crippen LogP contribution is 2.32. The molecule has 0 spiro atoms. The Morgan fingerprint density at radius 3 is 2.26 bits per heavy atom. The summed E-state index contributed by atoms with van der Waals surface area (Å²) < 4.78 is 7.26. The molecule has 0 bridgehead atoms. The SMILES string of the molecule is COc1ccc(-n2ncc(C(=O)N3CCN(c4ccc(Cl)cc4)CC3)c2C2CCNCC2)cc1. The van der Waals surface area contributed by atoms with Crippen molar-refractivity contribution in [1.29, 1.82) is 0 Å². The zero-order valence-electron chi connectivity index (χ0n) is 19.4. The molecule has 1 amide bonds. The van der Waals surface area contributed by atoms with Crippen LogP contribution < -0.4 is 15.0 Å². The maximum absolute atomic E-state index is 13.7. The highest BCUT2D eigenvalue weighted by atomic mass is 35.5. The van der Waals surface area contributed by atoms with E-state index in [9.17, 15) is 4.79 Å². The van der Waals surface area contributed by atoms with Crippen molar-refractivity contribution in [3.63, 3.8) is 0 Å². The van der Waals surface area contributed by atoms with Crippen LogP contribution in [0.5, 0.6) is 5.75 Å². The van der Waals surface area contributed by atoms with E-state index >= 15 is 0 Å². The minimum atomic E-state index is 0.0732. The number of amides is 1. The molecule has 2 aliphatic rings. The van der Waals surface area contributed by atoms with Gasteiger partial charge in [0, 0.05) is 42.8 Å². The fraction of sp³-hybridized carbons (Fsp3) is 0.385. The second-order valence-corrected chi connectivity index (χ2v) is 9.27. The van der Waals surface area contributed by atoms with Crippen LogP contribution in [0.2, 0.25) is 5.02 Å². The Hall–Kier alpha value is -3.03. The third-order valence-corrected chi connectivity index (χ3v) is 7.09. The number of benzene rings is 2. The number of ether oxygens (including phenoxy) is 1. The first-order valence-electron chi connectivity index (χ1n) is 11.9. The third-order valence-electron chi connectivity index (χ3n) is 6.84. The number of piperazine rings is 1. The van der Waals surface area contributed by atoms with E-state index in [0.717, 1.165) is 72.4 Å². The number of halogens is 1. The summed E-state index contributed by atoms with van der Waals surface area (Å²) in [5, 5.41) is 8.85. The summed E-state index contributed by atoms with van der Waals surface area (Å²) in [6, 6.07) is 15.7. The Labute approximate surface area is 205 Å². The molecule has 0 unspecified atom stereocenters. The first-order valence-corrected chi connectivity index (χ1v) is 12.2. The van der Waals surface area contributed by atoms with Crippen molar-refractivity contribution < 1.29 is 9.53 Å². The van der Waals surface area contributed by atoms with E-state index in [4.69, 9.17) is 16.3 Å². The molecule has 1 N–H and O–H groups in total. The fourth-order valence-electron chi connectivity index (χ4n) is 4.93. The summed E-state index contributed by atoms with van der Waals surface area (Å²) in [6.45, 7) is 4.85. The van der Waals surface area contributed by atoms with Crippen LogP contribution in [0, 0.1) is 0 Å². The van der Waals surface area contributed by atoms with Crippen LogP contribution >= 0.6 is 11.6 Å². The number of rotatable bonds is 5. The van der Waals surface area contributed by atoms with Gasteiger partial charge in [-0.1, -0.05) is 11.6 Å². The Balaban J connectivity index is 1.38. The zero-order chi connectivity index (χ0) is 23.5. The van der Waals surface area contributed by atoms with Crippen molar-refractivity contribution in [1.82, 2.24) is 20.0 Å². The van der Waals surface area contributed by atoms with E-state index in [0.29, 0.717) is 19.0 Å². The molecule has 2 fully saturated rings. The van der Waals surface area contributed by atoms with Gasteiger partial charge in [0.2, 0.25) is 0 Å². The molecular formula is C26H30ClN5O2.